The molecule has 2 aromatic rings. The van der Waals surface area contributed by atoms with Crippen molar-refractivity contribution in [2.75, 3.05) is 5.73 Å². The first-order valence-corrected chi connectivity index (χ1v) is 5.57. The summed E-state index contributed by atoms with van der Waals surface area (Å²) in [5.74, 6) is 0.686. The highest BCUT2D eigenvalue weighted by molar-refractivity contribution is 9.10. The highest BCUT2D eigenvalue weighted by Crippen LogP contribution is 2.18. The van der Waals surface area contributed by atoms with E-state index < -0.39 is 0 Å². The van der Waals surface area contributed by atoms with Crippen LogP contribution in [-0.4, -0.2) is 9.78 Å². The molecule has 0 saturated carbocycles. The molecular formula is C11H12BrN3. The predicted molar refractivity (Wildman–Crippen MR) is 64.5 cm³/mol. The van der Waals surface area contributed by atoms with Crippen LogP contribution in [0.5, 0.6) is 0 Å². The standard InChI is InChI=1S/C11H12BrN3/c12-10-8-14-15(11(10)13)7-6-9-4-2-1-3-5-9/h1-5,8H,6-7,13H2. The van der Waals surface area contributed by atoms with E-state index in [4.69, 9.17) is 5.73 Å². The van der Waals surface area contributed by atoms with E-state index in [2.05, 4.69) is 33.2 Å². The third-order valence-corrected chi connectivity index (χ3v) is 2.90. The minimum Gasteiger partial charge on any atom is -0.383 e. The van der Waals surface area contributed by atoms with Gasteiger partial charge in [-0.1, -0.05) is 30.3 Å². The molecular weight excluding hydrogens is 254 g/mol. The van der Waals surface area contributed by atoms with Crippen molar-refractivity contribution < 1.29 is 0 Å². The molecule has 3 nitrogen and oxygen atoms in total. The van der Waals surface area contributed by atoms with Crippen molar-refractivity contribution in [1.82, 2.24) is 9.78 Å². The Morgan fingerprint density at radius 1 is 1.27 bits per heavy atom. The fourth-order valence-electron chi connectivity index (χ4n) is 1.43. The van der Waals surface area contributed by atoms with E-state index in [1.807, 2.05) is 18.2 Å². The summed E-state index contributed by atoms with van der Waals surface area (Å²) in [4.78, 5) is 0. The van der Waals surface area contributed by atoms with Gasteiger partial charge in [-0.15, -0.1) is 0 Å². The first kappa shape index (κ1) is 10.2. The zero-order chi connectivity index (χ0) is 10.7. The average molecular weight is 266 g/mol. The maximum Gasteiger partial charge on any atom is 0.136 e. The van der Waals surface area contributed by atoms with E-state index in [0.29, 0.717) is 5.82 Å². The van der Waals surface area contributed by atoms with Crippen molar-refractivity contribution in [3.63, 3.8) is 0 Å². The number of hydrogen-bond acceptors (Lipinski definition) is 2. The van der Waals surface area contributed by atoms with Gasteiger partial charge in [0.05, 0.1) is 10.7 Å². The monoisotopic (exact) mass is 265 g/mol. The van der Waals surface area contributed by atoms with Crippen molar-refractivity contribution in [2.24, 2.45) is 0 Å². The van der Waals surface area contributed by atoms with Crippen LogP contribution in [0.1, 0.15) is 5.56 Å². The maximum atomic E-state index is 5.82. The molecule has 2 N–H and O–H groups in total. The van der Waals surface area contributed by atoms with Crippen molar-refractivity contribution in [2.45, 2.75) is 13.0 Å². The van der Waals surface area contributed by atoms with E-state index in [9.17, 15) is 0 Å². The molecule has 1 heterocycles. The maximum absolute atomic E-state index is 5.82. The molecule has 15 heavy (non-hydrogen) atoms. The van der Waals surface area contributed by atoms with Gasteiger partial charge in [-0.05, 0) is 27.9 Å². The molecule has 0 atom stereocenters. The summed E-state index contributed by atoms with van der Waals surface area (Å²) in [7, 11) is 0. The summed E-state index contributed by atoms with van der Waals surface area (Å²) in [6, 6.07) is 10.3. The Hall–Kier alpha value is -1.29. The third kappa shape index (κ3) is 2.39. The largest absolute Gasteiger partial charge is 0.383 e. The van der Waals surface area contributed by atoms with Crippen molar-refractivity contribution in [3.8, 4) is 0 Å². The van der Waals surface area contributed by atoms with Crippen LogP contribution in [-0.2, 0) is 13.0 Å². The Labute approximate surface area is 97.0 Å². The summed E-state index contributed by atoms with van der Waals surface area (Å²) in [6.45, 7) is 0.807. The Balaban J connectivity index is 2.02. The first-order valence-electron chi connectivity index (χ1n) is 4.78. The first-order chi connectivity index (χ1) is 7.27. The smallest absolute Gasteiger partial charge is 0.136 e. The molecule has 0 aliphatic carbocycles. The number of nitrogens with two attached hydrogens (primary N) is 1. The average Bonchev–Trinajstić information content (AvgIpc) is 2.59. The fourth-order valence-corrected chi connectivity index (χ4v) is 1.73. The number of hydrogen-bond donors (Lipinski definition) is 1. The van der Waals surface area contributed by atoms with Crippen molar-refractivity contribution >= 4 is 21.7 Å². The van der Waals surface area contributed by atoms with Crippen LogP contribution in [0.3, 0.4) is 0 Å². The summed E-state index contributed by atoms with van der Waals surface area (Å²) in [5, 5.41) is 4.18. The molecule has 2 rings (SSSR count). The lowest BCUT2D eigenvalue weighted by Gasteiger charge is -2.04. The van der Waals surface area contributed by atoms with Gasteiger partial charge in [0.25, 0.3) is 0 Å². The Morgan fingerprint density at radius 3 is 2.60 bits per heavy atom. The summed E-state index contributed by atoms with van der Waals surface area (Å²) < 4.78 is 2.66. The van der Waals surface area contributed by atoms with Crippen molar-refractivity contribution in [1.29, 1.82) is 0 Å². The van der Waals surface area contributed by atoms with Crippen LogP contribution in [0.25, 0.3) is 0 Å². The second kappa shape index (κ2) is 4.49. The predicted octanol–water partition coefficient (Wildman–Crippen LogP) is 2.47. The van der Waals surface area contributed by atoms with Crippen LogP contribution in [0.4, 0.5) is 5.82 Å². The molecule has 0 unspecified atom stereocenters. The van der Waals surface area contributed by atoms with Gasteiger partial charge in [0.1, 0.15) is 5.82 Å². The van der Waals surface area contributed by atoms with Crippen LogP contribution in [0.2, 0.25) is 0 Å². The molecule has 1 aromatic heterocycles. The van der Waals surface area contributed by atoms with Gasteiger partial charge in [0.15, 0.2) is 0 Å². The second-order valence-corrected chi connectivity index (χ2v) is 4.19. The van der Waals surface area contributed by atoms with Gasteiger partial charge in [0.2, 0.25) is 0 Å². The van der Waals surface area contributed by atoms with Crippen LogP contribution in [0, 0.1) is 0 Å². The number of aromatic nitrogens is 2. The highest BCUT2D eigenvalue weighted by atomic mass is 79.9. The normalized spacial score (nSPS) is 10.5. The molecule has 0 fully saturated rings. The number of nitrogen functional groups attached to an aromatic ring is 1. The summed E-state index contributed by atoms with van der Waals surface area (Å²) in [6.07, 6.45) is 2.67. The minimum atomic E-state index is 0.686. The number of halogens is 1. The van der Waals surface area contributed by atoms with Crippen LogP contribution < -0.4 is 5.73 Å². The Morgan fingerprint density at radius 2 is 2.00 bits per heavy atom. The number of nitrogens with zero attached hydrogens (tertiary/aromatic N) is 2. The van der Waals surface area contributed by atoms with Crippen molar-refractivity contribution in [3.05, 3.63) is 46.6 Å². The second-order valence-electron chi connectivity index (χ2n) is 3.34. The van der Waals surface area contributed by atoms with E-state index in [1.165, 1.54) is 5.56 Å². The molecule has 1 aromatic carbocycles. The molecule has 0 spiro atoms. The van der Waals surface area contributed by atoms with Crippen LogP contribution in [0.15, 0.2) is 41.0 Å². The molecule has 0 saturated heterocycles. The molecule has 78 valence electrons. The Bertz CT molecular complexity index is 436. The van der Waals surface area contributed by atoms with Gasteiger partial charge < -0.3 is 5.73 Å². The quantitative estimate of drug-likeness (QED) is 0.927. The number of aryl methyl sites for hydroxylation is 2. The lowest BCUT2D eigenvalue weighted by atomic mass is 10.1. The fraction of sp³-hybridized carbons (Fsp3) is 0.182. The van der Waals surface area contributed by atoms with Gasteiger partial charge in [-0.25, -0.2) is 4.68 Å². The third-order valence-electron chi connectivity index (χ3n) is 2.29. The van der Waals surface area contributed by atoms with Gasteiger partial charge in [-0.2, -0.15) is 5.10 Å². The summed E-state index contributed by atoms with van der Waals surface area (Å²) >= 11 is 3.33. The number of anilines is 1. The SMILES string of the molecule is Nc1c(Br)cnn1CCc1ccccc1. The van der Waals surface area contributed by atoms with Gasteiger partial charge >= 0.3 is 0 Å². The zero-order valence-electron chi connectivity index (χ0n) is 8.23. The molecule has 4 heteroatoms. The molecule has 0 aliphatic rings. The highest BCUT2D eigenvalue weighted by Gasteiger charge is 2.03. The van der Waals surface area contributed by atoms with E-state index >= 15 is 0 Å². The van der Waals surface area contributed by atoms with Crippen LogP contribution >= 0.6 is 15.9 Å². The van der Waals surface area contributed by atoms with E-state index in [0.717, 1.165) is 17.4 Å². The molecule has 0 bridgehead atoms. The Kier molecular flexibility index (Phi) is 3.06. The summed E-state index contributed by atoms with van der Waals surface area (Å²) in [5.41, 5.74) is 7.12. The molecule has 0 radical (unpaired) electrons. The van der Waals surface area contributed by atoms with E-state index in [1.54, 1.807) is 10.9 Å². The van der Waals surface area contributed by atoms with Gasteiger partial charge in [-0.3, -0.25) is 0 Å². The lowest BCUT2D eigenvalue weighted by molar-refractivity contribution is 0.623. The zero-order valence-corrected chi connectivity index (χ0v) is 9.81. The van der Waals surface area contributed by atoms with Gasteiger partial charge in [0, 0.05) is 6.54 Å². The lowest BCUT2D eigenvalue weighted by Crippen LogP contribution is -2.06. The molecule has 0 amide bonds. The minimum absolute atomic E-state index is 0.686. The molecule has 0 aliphatic heterocycles. The number of rotatable bonds is 3. The van der Waals surface area contributed by atoms with E-state index in [-0.39, 0.29) is 0 Å². The number of benzene rings is 1. The topological polar surface area (TPSA) is 43.8 Å².